The lowest BCUT2D eigenvalue weighted by Crippen LogP contribution is -3.00. The van der Waals surface area contributed by atoms with Crippen LogP contribution in [0.1, 0.15) is 43.2 Å². The number of hydrogen-bond acceptors (Lipinski definition) is 1. The molecule has 3 aliphatic rings. The van der Waals surface area contributed by atoms with Crippen LogP contribution in [-0.4, -0.2) is 35.8 Å². The lowest BCUT2D eigenvalue weighted by atomic mass is 9.56. The Morgan fingerprint density at radius 1 is 0.893 bits per heavy atom. The monoisotopic (exact) mass is 441 g/mol. The van der Waals surface area contributed by atoms with E-state index in [1.807, 2.05) is 18.2 Å². The minimum atomic E-state index is -0.910. The largest absolute Gasteiger partial charge is 1.00 e. The lowest BCUT2D eigenvalue weighted by molar-refractivity contribution is -0.946. The molecule has 0 aromatic heterocycles. The molecule has 28 heavy (non-hydrogen) atoms. The first-order valence-electron chi connectivity index (χ1n) is 10.4. The number of hydrogen-bond donors (Lipinski definition) is 1. The van der Waals surface area contributed by atoms with Gasteiger partial charge in [-0.3, -0.25) is 0 Å². The van der Waals surface area contributed by atoms with Gasteiger partial charge in [0.05, 0.1) is 26.2 Å². The molecule has 3 heterocycles. The van der Waals surface area contributed by atoms with Crippen molar-refractivity contribution in [1.29, 1.82) is 0 Å². The minimum Gasteiger partial charge on any atom is -1.00 e. The number of quaternary nitrogens is 1. The highest BCUT2D eigenvalue weighted by molar-refractivity contribution is 5.39. The third kappa shape index (κ3) is 3.49. The van der Waals surface area contributed by atoms with Crippen molar-refractivity contribution < 1.29 is 26.6 Å². The van der Waals surface area contributed by atoms with Crippen molar-refractivity contribution in [2.75, 3.05) is 26.2 Å². The van der Waals surface area contributed by atoms with Crippen LogP contribution in [-0.2, 0) is 5.60 Å². The fraction of sp³-hybridized carbons (Fsp3) is 0.440. The van der Waals surface area contributed by atoms with E-state index in [4.69, 9.17) is 0 Å². The third-order valence-electron chi connectivity index (χ3n) is 7.39. The van der Waals surface area contributed by atoms with Crippen LogP contribution in [0.4, 0.5) is 0 Å². The van der Waals surface area contributed by atoms with Crippen LogP contribution in [0.3, 0.4) is 0 Å². The molecule has 5 rings (SSSR count). The van der Waals surface area contributed by atoms with Gasteiger partial charge in [0.2, 0.25) is 0 Å². The Hall–Kier alpha value is -1.42. The summed E-state index contributed by atoms with van der Waals surface area (Å²) in [5.74, 6) is 0. The molecule has 0 atom stereocenters. The zero-order valence-electron chi connectivity index (χ0n) is 16.7. The van der Waals surface area contributed by atoms with Crippen molar-refractivity contribution in [3.05, 3.63) is 84.4 Å². The maximum atomic E-state index is 12.3. The second-order valence-corrected chi connectivity index (χ2v) is 8.64. The predicted molar refractivity (Wildman–Crippen MR) is 111 cm³/mol. The van der Waals surface area contributed by atoms with E-state index in [2.05, 4.69) is 55.1 Å². The summed E-state index contributed by atoms with van der Waals surface area (Å²) in [5.41, 5.74) is 1.12. The molecular weight excluding hydrogens is 410 g/mol. The van der Waals surface area contributed by atoms with Gasteiger partial charge in [-0.2, -0.15) is 0 Å². The van der Waals surface area contributed by atoms with E-state index in [0.29, 0.717) is 0 Å². The number of halogens is 1. The molecule has 0 unspecified atom stereocenters. The number of benzene rings is 2. The molecule has 2 nitrogen and oxygen atoms in total. The van der Waals surface area contributed by atoms with Gasteiger partial charge in [-0.05, 0) is 17.5 Å². The van der Waals surface area contributed by atoms with Gasteiger partial charge in [0, 0.05) is 31.1 Å². The van der Waals surface area contributed by atoms with Gasteiger partial charge in [-0.15, -0.1) is 6.58 Å². The van der Waals surface area contributed by atoms with Crippen LogP contribution in [0.5, 0.6) is 0 Å². The summed E-state index contributed by atoms with van der Waals surface area (Å²) in [5, 5.41) is 12.3. The van der Waals surface area contributed by atoms with Crippen LogP contribution >= 0.6 is 0 Å². The van der Waals surface area contributed by atoms with Gasteiger partial charge in [-0.25, -0.2) is 0 Å². The second kappa shape index (κ2) is 8.52. The average molecular weight is 442 g/mol. The Labute approximate surface area is 180 Å². The highest BCUT2D eigenvalue weighted by Crippen LogP contribution is 2.57. The van der Waals surface area contributed by atoms with Crippen molar-refractivity contribution in [1.82, 2.24) is 0 Å². The maximum Gasteiger partial charge on any atom is 0.121 e. The highest BCUT2D eigenvalue weighted by Gasteiger charge is 2.60. The summed E-state index contributed by atoms with van der Waals surface area (Å²) >= 11 is 0. The summed E-state index contributed by atoms with van der Waals surface area (Å²) < 4.78 is 1.25. The maximum absolute atomic E-state index is 12.3. The number of aliphatic hydroxyl groups is 1. The standard InChI is InChI=1S/C25H32NO.BrH/c1-2-3-10-18-26-19-15-24(16-20-26,17-21-26)25(27,22-11-6-4-7-12-22)23-13-8-5-9-14-23;/h2,4-9,11-14,27H,1,3,10,15-21H2;1H/q+1;/p-1. The zero-order chi connectivity index (χ0) is 18.8. The molecule has 2 aromatic carbocycles. The third-order valence-corrected chi connectivity index (χ3v) is 7.39. The Bertz CT molecular complexity index is 710. The van der Waals surface area contributed by atoms with Crippen LogP contribution in [0.25, 0.3) is 0 Å². The number of rotatable bonds is 7. The normalized spacial score (nSPS) is 26.5. The molecule has 3 saturated heterocycles. The van der Waals surface area contributed by atoms with Crippen molar-refractivity contribution in [3.8, 4) is 0 Å². The topological polar surface area (TPSA) is 20.2 Å². The van der Waals surface area contributed by atoms with E-state index in [9.17, 15) is 5.11 Å². The average Bonchev–Trinajstić information content (AvgIpc) is 2.76. The molecule has 0 spiro atoms. The summed E-state index contributed by atoms with van der Waals surface area (Å²) in [7, 11) is 0. The molecule has 3 heteroatoms. The molecule has 1 N–H and O–H groups in total. The van der Waals surface area contributed by atoms with Gasteiger partial charge in [-0.1, -0.05) is 66.7 Å². The molecular formula is C25H32BrNO. The number of fused-ring (bicyclic) bond motifs is 3. The molecule has 0 radical (unpaired) electrons. The van der Waals surface area contributed by atoms with E-state index >= 15 is 0 Å². The summed E-state index contributed by atoms with van der Waals surface area (Å²) in [6.07, 6.45) is 7.69. The highest BCUT2D eigenvalue weighted by atomic mass is 79.9. The number of allylic oxidation sites excluding steroid dienone is 1. The van der Waals surface area contributed by atoms with Gasteiger partial charge in [0.1, 0.15) is 5.60 Å². The summed E-state index contributed by atoms with van der Waals surface area (Å²) in [4.78, 5) is 0. The molecule has 2 bridgehead atoms. The van der Waals surface area contributed by atoms with Gasteiger partial charge < -0.3 is 26.6 Å². The Balaban J connectivity index is 0.00000225. The Morgan fingerprint density at radius 3 is 1.79 bits per heavy atom. The minimum absolute atomic E-state index is 0. The molecule has 0 amide bonds. The van der Waals surface area contributed by atoms with Crippen molar-refractivity contribution in [3.63, 3.8) is 0 Å². The zero-order valence-corrected chi connectivity index (χ0v) is 18.3. The Kier molecular flexibility index (Phi) is 6.48. The van der Waals surface area contributed by atoms with Crippen molar-refractivity contribution in [2.45, 2.75) is 37.7 Å². The summed E-state index contributed by atoms with van der Waals surface area (Å²) in [6.45, 7) is 8.71. The van der Waals surface area contributed by atoms with Gasteiger partial charge >= 0.3 is 0 Å². The lowest BCUT2D eigenvalue weighted by Gasteiger charge is -2.60. The molecule has 0 aliphatic carbocycles. The van der Waals surface area contributed by atoms with Crippen molar-refractivity contribution >= 4 is 0 Å². The first-order valence-corrected chi connectivity index (χ1v) is 10.4. The van der Waals surface area contributed by atoms with E-state index < -0.39 is 5.60 Å². The number of piperidine rings is 3. The predicted octanol–water partition coefficient (Wildman–Crippen LogP) is 1.89. The van der Waals surface area contributed by atoms with Crippen LogP contribution in [0, 0.1) is 5.41 Å². The van der Waals surface area contributed by atoms with E-state index in [1.54, 1.807) is 0 Å². The van der Waals surface area contributed by atoms with E-state index in [0.717, 1.165) is 36.8 Å². The number of unbranched alkanes of at least 4 members (excludes halogenated alkanes) is 1. The van der Waals surface area contributed by atoms with Crippen molar-refractivity contribution in [2.24, 2.45) is 5.41 Å². The smallest absolute Gasteiger partial charge is 0.121 e. The SMILES string of the molecule is C=CCCC[N+]12CCC(C(O)(c3ccccc3)c3ccccc3)(CC1)CC2.[Br-]. The second-order valence-electron chi connectivity index (χ2n) is 8.64. The molecule has 3 aliphatic heterocycles. The molecule has 0 saturated carbocycles. The van der Waals surface area contributed by atoms with Crippen LogP contribution < -0.4 is 17.0 Å². The van der Waals surface area contributed by atoms with Gasteiger partial charge in [0.15, 0.2) is 0 Å². The summed E-state index contributed by atoms with van der Waals surface area (Å²) in [6, 6.07) is 20.7. The molecule has 3 fully saturated rings. The number of nitrogens with zero attached hydrogens (tertiary/aromatic N) is 1. The molecule has 2 aromatic rings. The van der Waals surface area contributed by atoms with E-state index in [1.165, 1.54) is 37.1 Å². The Morgan fingerprint density at radius 2 is 1.36 bits per heavy atom. The molecule has 150 valence electrons. The van der Waals surface area contributed by atoms with Crippen LogP contribution in [0.15, 0.2) is 73.3 Å². The van der Waals surface area contributed by atoms with Crippen LogP contribution in [0.2, 0.25) is 0 Å². The fourth-order valence-corrected chi connectivity index (χ4v) is 5.65. The quantitative estimate of drug-likeness (QED) is 0.395. The van der Waals surface area contributed by atoms with Gasteiger partial charge in [0.25, 0.3) is 0 Å². The first kappa shape index (κ1) is 21.3. The van der Waals surface area contributed by atoms with E-state index in [-0.39, 0.29) is 22.4 Å². The fourth-order valence-electron chi connectivity index (χ4n) is 5.65. The first-order chi connectivity index (χ1) is 13.1.